The Morgan fingerprint density at radius 1 is 1.29 bits per heavy atom. The molecule has 0 fully saturated rings. The zero-order valence-corrected chi connectivity index (χ0v) is 10.5. The molecule has 0 saturated heterocycles. The maximum atomic E-state index is 5.55. The van der Waals surface area contributed by atoms with Gasteiger partial charge in [-0.2, -0.15) is 0 Å². The second-order valence-electron chi connectivity index (χ2n) is 3.50. The molecule has 90 valence electrons. The largest absolute Gasteiger partial charge is 0.370 e. The molecular weight excluding hydrogens is 234 g/mol. The van der Waals surface area contributed by atoms with E-state index in [1.165, 1.54) is 4.88 Å². The zero-order valence-electron chi connectivity index (χ0n) is 9.72. The van der Waals surface area contributed by atoms with E-state index in [-0.39, 0.29) is 0 Å². The van der Waals surface area contributed by atoms with Crippen LogP contribution in [-0.2, 0) is 18.0 Å². The molecule has 2 rings (SSSR count). The van der Waals surface area contributed by atoms with Crippen LogP contribution < -0.4 is 5.32 Å². The van der Waals surface area contributed by atoms with E-state index in [2.05, 4.69) is 21.4 Å². The van der Waals surface area contributed by atoms with Crippen LogP contribution in [0.25, 0.3) is 0 Å². The third kappa shape index (κ3) is 3.80. The molecule has 0 bridgehead atoms. The third-order valence-corrected chi connectivity index (χ3v) is 2.99. The lowest BCUT2D eigenvalue weighted by molar-refractivity contribution is 0.106. The number of anilines is 1. The highest BCUT2D eigenvalue weighted by molar-refractivity contribution is 7.09. The van der Waals surface area contributed by atoms with Crippen molar-refractivity contribution in [3.8, 4) is 0 Å². The number of ether oxygens (including phenoxy) is 1. The van der Waals surface area contributed by atoms with Gasteiger partial charge in [0.05, 0.1) is 31.3 Å². The minimum absolute atomic E-state index is 0.497. The summed E-state index contributed by atoms with van der Waals surface area (Å²) in [6.45, 7) is 4.01. The average molecular weight is 249 g/mol. The van der Waals surface area contributed by atoms with Gasteiger partial charge >= 0.3 is 0 Å². The fourth-order valence-electron chi connectivity index (χ4n) is 1.35. The predicted molar refractivity (Wildman–Crippen MR) is 69.0 cm³/mol. The fraction of sp³-hybridized carbons (Fsp3) is 0.333. The van der Waals surface area contributed by atoms with Gasteiger partial charge in [-0.15, -0.1) is 11.3 Å². The van der Waals surface area contributed by atoms with E-state index in [4.69, 9.17) is 4.74 Å². The van der Waals surface area contributed by atoms with Crippen LogP contribution in [0.5, 0.6) is 0 Å². The summed E-state index contributed by atoms with van der Waals surface area (Å²) in [6.07, 6.45) is 3.47. The molecule has 2 aromatic heterocycles. The second kappa shape index (κ2) is 6.32. The molecule has 0 radical (unpaired) electrons. The first-order chi connectivity index (χ1) is 8.38. The molecule has 0 unspecified atom stereocenters. The van der Waals surface area contributed by atoms with Crippen LogP contribution in [0.3, 0.4) is 0 Å². The van der Waals surface area contributed by atoms with Gasteiger partial charge in [0.2, 0.25) is 0 Å². The molecule has 0 aliphatic carbocycles. The van der Waals surface area contributed by atoms with Crippen molar-refractivity contribution < 1.29 is 4.74 Å². The molecule has 5 heteroatoms. The molecule has 2 heterocycles. The van der Waals surface area contributed by atoms with Gasteiger partial charge in [0.1, 0.15) is 5.82 Å². The molecule has 1 N–H and O–H groups in total. The van der Waals surface area contributed by atoms with Crippen LogP contribution >= 0.6 is 11.3 Å². The van der Waals surface area contributed by atoms with Gasteiger partial charge in [-0.25, -0.2) is 4.98 Å². The van der Waals surface area contributed by atoms with Gasteiger partial charge < -0.3 is 10.1 Å². The van der Waals surface area contributed by atoms with E-state index in [9.17, 15) is 0 Å². The third-order valence-electron chi connectivity index (χ3n) is 2.14. The number of hydrogen-bond acceptors (Lipinski definition) is 5. The van der Waals surface area contributed by atoms with E-state index in [0.29, 0.717) is 13.2 Å². The van der Waals surface area contributed by atoms with Crippen molar-refractivity contribution in [3.05, 3.63) is 40.5 Å². The van der Waals surface area contributed by atoms with E-state index in [0.717, 1.165) is 18.1 Å². The molecule has 17 heavy (non-hydrogen) atoms. The highest BCUT2D eigenvalue weighted by atomic mass is 32.1. The Bertz CT molecular complexity index is 428. The molecule has 0 amide bonds. The molecular formula is C12H15N3OS. The smallest absolute Gasteiger partial charge is 0.144 e. The number of hydrogen-bond donors (Lipinski definition) is 1. The van der Waals surface area contributed by atoms with Crippen molar-refractivity contribution in [2.45, 2.75) is 20.1 Å². The average Bonchev–Trinajstić information content (AvgIpc) is 2.85. The predicted octanol–water partition coefficient (Wildman–Crippen LogP) is 2.69. The summed E-state index contributed by atoms with van der Waals surface area (Å²) in [5, 5.41) is 5.15. The standard InChI is InChI=1S/C12H15N3OS/c1-2-13-12-7-14-10(6-15-12)8-16-9-11-4-3-5-17-11/h3-7H,2,8-9H2,1H3,(H,13,15). The van der Waals surface area contributed by atoms with Crippen LogP contribution in [-0.4, -0.2) is 16.5 Å². The summed E-state index contributed by atoms with van der Waals surface area (Å²) in [5.41, 5.74) is 0.850. The Balaban J connectivity index is 1.79. The highest BCUT2D eigenvalue weighted by Crippen LogP contribution is 2.10. The van der Waals surface area contributed by atoms with Crippen molar-refractivity contribution in [2.24, 2.45) is 0 Å². The monoisotopic (exact) mass is 249 g/mol. The van der Waals surface area contributed by atoms with Crippen molar-refractivity contribution in [1.29, 1.82) is 0 Å². The number of aromatic nitrogens is 2. The van der Waals surface area contributed by atoms with E-state index >= 15 is 0 Å². The Labute approximate surface area is 105 Å². The maximum absolute atomic E-state index is 5.55. The van der Waals surface area contributed by atoms with Crippen LogP contribution in [0.1, 0.15) is 17.5 Å². The second-order valence-corrected chi connectivity index (χ2v) is 4.53. The highest BCUT2D eigenvalue weighted by Gasteiger charge is 1.98. The van der Waals surface area contributed by atoms with E-state index < -0.39 is 0 Å². The van der Waals surface area contributed by atoms with Gasteiger partial charge in [0, 0.05) is 11.4 Å². The number of nitrogens with zero attached hydrogens (tertiary/aromatic N) is 2. The first kappa shape index (κ1) is 12.0. The molecule has 0 spiro atoms. The van der Waals surface area contributed by atoms with Crippen LogP contribution in [0.15, 0.2) is 29.9 Å². The van der Waals surface area contributed by atoms with Gasteiger partial charge in [0.25, 0.3) is 0 Å². The summed E-state index contributed by atoms with van der Waals surface area (Å²) < 4.78 is 5.55. The van der Waals surface area contributed by atoms with Crippen LogP contribution in [0, 0.1) is 0 Å². The molecule has 0 saturated carbocycles. The number of rotatable bonds is 6. The Morgan fingerprint density at radius 2 is 2.24 bits per heavy atom. The van der Waals surface area contributed by atoms with Crippen molar-refractivity contribution in [3.63, 3.8) is 0 Å². The molecule has 0 aliphatic rings. The summed E-state index contributed by atoms with van der Waals surface area (Å²) in [4.78, 5) is 9.73. The van der Waals surface area contributed by atoms with Gasteiger partial charge in [-0.05, 0) is 18.4 Å². The Kier molecular flexibility index (Phi) is 4.46. The summed E-state index contributed by atoms with van der Waals surface area (Å²) in [6, 6.07) is 4.08. The Morgan fingerprint density at radius 3 is 2.88 bits per heavy atom. The van der Waals surface area contributed by atoms with Crippen LogP contribution in [0.4, 0.5) is 5.82 Å². The summed E-state index contributed by atoms with van der Waals surface area (Å²) >= 11 is 1.70. The van der Waals surface area contributed by atoms with E-state index in [1.54, 1.807) is 23.7 Å². The first-order valence-electron chi connectivity index (χ1n) is 5.53. The molecule has 4 nitrogen and oxygen atoms in total. The molecule has 0 atom stereocenters. The molecule has 0 aromatic carbocycles. The number of thiophene rings is 1. The Hall–Kier alpha value is -1.46. The van der Waals surface area contributed by atoms with E-state index in [1.807, 2.05) is 18.4 Å². The quantitative estimate of drug-likeness (QED) is 0.855. The molecule has 2 aromatic rings. The van der Waals surface area contributed by atoms with Gasteiger partial charge in [-0.1, -0.05) is 6.07 Å². The lowest BCUT2D eigenvalue weighted by Gasteiger charge is -2.04. The summed E-state index contributed by atoms with van der Waals surface area (Å²) in [7, 11) is 0. The fourth-order valence-corrected chi connectivity index (χ4v) is 1.99. The minimum Gasteiger partial charge on any atom is -0.370 e. The normalized spacial score (nSPS) is 10.4. The lowest BCUT2D eigenvalue weighted by Crippen LogP contribution is -2.02. The topological polar surface area (TPSA) is 47.0 Å². The van der Waals surface area contributed by atoms with Crippen LogP contribution in [0.2, 0.25) is 0 Å². The first-order valence-corrected chi connectivity index (χ1v) is 6.41. The van der Waals surface area contributed by atoms with Crippen molar-refractivity contribution >= 4 is 17.2 Å². The summed E-state index contributed by atoms with van der Waals surface area (Å²) in [5.74, 6) is 0.800. The minimum atomic E-state index is 0.497. The lowest BCUT2D eigenvalue weighted by atomic mass is 10.4. The zero-order chi connectivity index (χ0) is 11.9. The van der Waals surface area contributed by atoms with Gasteiger partial charge in [0.15, 0.2) is 0 Å². The van der Waals surface area contributed by atoms with Crippen molar-refractivity contribution in [1.82, 2.24) is 9.97 Å². The maximum Gasteiger partial charge on any atom is 0.144 e. The molecule has 0 aliphatic heterocycles. The van der Waals surface area contributed by atoms with Gasteiger partial charge in [-0.3, -0.25) is 4.98 Å². The number of nitrogens with one attached hydrogen (secondary N) is 1. The SMILES string of the molecule is CCNc1cnc(COCc2cccs2)cn1. The van der Waals surface area contributed by atoms with Crippen molar-refractivity contribution in [2.75, 3.05) is 11.9 Å².